The van der Waals surface area contributed by atoms with E-state index in [9.17, 15) is 18.0 Å². The van der Waals surface area contributed by atoms with E-state index in [0.29, 0.717) is 43.5 Å². The zero-order valence-corrected chi connectivity index (χ0v) is 15.7. The molecule has 27 heavy (non-hydrogen) atoms. The van der Waals surface area contributed by atoms with E-state index in [1.807, 2.05) is 6.92 Å². The predicted octanol–water partition coefficient (Wildman–Crippen LogP) is 3.38. The van der Waals surface area contributed by atoms with Crippen LogP contribution in [0, 0.1) is 0 Å². The SMILES string of the molecule is CCNC(=NCCCC(=O)NC1CC1)NC(C)c1cccc(C(F)(F)F)c1. The number of aliphatic imine (C=N–C) groups is 1. The van der Waals surface area contributed by atoms with Crippen molar-refractivity contribution in [3.63, 3.8) is 0 Å². The summed E-state index contributed by atoms with van der Waals surface area (Å²) in [7, 11) is 0. The van der Waals surface area contributed by atoms with E-state index in [0.717, 1.165) is 25.0 Å². The van der Waals surface area contributed by atoms with Crippen LogP contribution in [-0.2, 0) is 11.0 Å². The van der Waals surface area contributed by atoms with Crippen molar-refractivity contribution in [1.29, 1.82) is 0 Å². The normalized spacial score (nSPS) is 16.0. The van der Waals surface area contributed by atoms with Crippen LogP contribution in [0.4, 0.5) is 13.2 Å². The lowest BCUT2D eigenvalue weighted by Gasteiger charge is -2.19. The maximum absolute atomic E-state index is 12.9. The topological polar surface area (TPSA) is 65.5 Å². The highest BCUT2D eigenvalue weighted by molar-refractivity contribution is 5.80. The molecule has 0 spiro atoms. The molecule has 1 aromatic rings. The van der Waals surface area contributed by atoms with Gasteiger partial charge in [-0.2, -0.15) is 13.2 Å². The standard InChI is InChI=1S/C19H27F3N4O/c1-3-23-18(24-11-5-8-17(27)26-16-9-10-16)25-13(2)14-6-4-7-15(12-14)19(20,21)22/h4,6-7,12-13,16H,3,5,8-11H2,1-2H3,(H,26,27)(H2,23,24,25). The zero-order chi connectivity index (χ0) is 19.9. The minimum absolute atomic E-state index is 0.0444. The minimum atomic E-state index is -4.37. The Hall–Kier alpha value is -2.25. The van der Waals surface area contributed by atoms with Crippen LogP contribution in [0.5, 0.6) is 0 Å². The number of rotatable bonds is 8. The van der Waals surface area contributed by atoms with Gasteiger partial charge in [0.25, 0.3) is 0 Å². The number of hydrogen-bond donors (Lipinski definition) is 3. The Morgan fingerprint density at radius 3 is 2.70 bits per heavy atom. The maximum atomic E-state index is 12.9. The van der Waals surface area contributed by atoms with Gasteiger partial charge < -0.3 is 16.0 Å². The maximum Gasteiger partial charge on any atom is 0.416 e. The van der Waals surface area contributed by atoms with Crippen molar-refractivity contribution in [3.8, 4) is 0 Å². The average Bonchev–Trinajstić information content (AvgIpc) is 3.42. The molecule has 0 heterocycles. The lowest BCUT2D eigenvalue weighted by Crippen LogP contribution is -2.39. The highest BCUT2D eigenvalue weighted by atomic mass is 19.4. The summed E-state index contributed by atoms with van der Waals surface area (Å²) in [6, 6.07) is 5.26. The second-order valence-electron chi connectivity index (χ2n) is 6.70. The summed E-state index contributed by atoms with van der Waals surface area (Å²) in [6.45, 7) is 4.78. The van der Waals surface area contributed by atoms with Crippen LogP contribution in [0.2, 0.25) is 0 Å². The van der Waals surface area contributed by atoms with Gasteiger partial charge in [0.1, 0.15) is 0 Å². The van der Waals surface area contributed by atoms with Crippen molar-refractivity contribution in [2.45, 2.75) is 57.8 Å². The number of alkyl halides is 3. The number of guanidine groups is 1. The van der Waals surface area contributed by atoms with E-state index in [4.69, 9.17) is 0 Å². The molecule has 1 amide bonds. The summed E-state index contributed by atoms with van der Waals surface area (Å²) in [6.07, 6.45) is -1.21. The molecule has 3 N–H and O–H groups in total. The van der Waals surface area contributed by atoms with Crippen molar-refractivity contribution in [3.05, 3.63) is 35.4 Å². The Morgan fingerprint density at radius 1 is 1.33 bits per heavy atom. The zero-order valence-electron chi connectivity index (χ0n) is 15.7. The van der Waals surface area contributed by atoms with E-state index in [1.54, 1.807) is 13.0 Å². The summed E-state index contributed by atoms with van der Waals surface area (Å²) in [4.78, 5) is 16.1. The van der Waals surface area contributed by atoms with Crippen molar-refractivity contribution in [2.75, 3.05) is 13.1 Å². The van der Waals surface area contributed by atoms with Crippen LogP contribution in [0.25, 0.3) is 0 Å². The number of benzene rings is 1. The summed E-state index contributed by atoms with van der Waals surface area (Å²) in [5.74, 6) is 0.563. The Balaban J connectivity index is 1.88. The number of halogens is 3. The first-order valence-corrected chi connectivity index (χ1v) is 9.31. The van der Waals surface area contributed by atoms with Crippen molar-refractivity contribution >= 4 is 11.9 Å². The molecule has 1 fully saturated rings. The second kappa shape index (κ2) is 9.62. The summed E-state index contributed by atoms with van der Waals surface area (Å²) in [5, 5.41) is 9.12. The smallest absolute Gasteiger partial charge is 0.357 e. The Kier molecular flexibility index (Phi) is 7.50. The second-order valence-corrected chi connectivity index (χ2v) is 6.70. The van der Waals surface area contributed by atoms with Gasteiger partial charge in [-0.05, 0) is 50.8 Å². The monoisotopic (exact) mass is 384 g/mol. The Morgan fingerprint density at radius 2 is 2.07 bits per heavy atom. The molecule has 0 aliphatic heterocycles. The van der Waals surface area contributed by atoms with Crippen molar-refractivity contribution < 1.29 is 18.0 Å². The molecule has 1 unspecified atom stereocenters. The van der Waals surface area contributed by atoms with E-state index in [2.05, 4.69) is 20.9 Å². The van der Waals surface area contributed by atoms with Gasteiger partial charge in [-0.25, -0.2) is 0 Å². The van der Waals surface area contributed by atoms with Crippen LogP contribution >= 0.6 is 0 Å². The number of carbonyl (C=O) groups is 1. The van der Waals surface area contributed by atoms with Gasteiger partial charge in [0, 0.05) is 25.6 Å². The lowest BCUT2D eigenvalue weighted by atomic mass is 10.1. The first-order valence-electron chi connectivity index (χ1n) is 9.31. The molecule has 8 heteroatoms. The molecule has 0 bridgehead atoms. The Bertz CT molecular complexity index is 657. The van der Waals surface area contributed by atoms with E-state index in [1.165, 1.54) is 6.07 Å². The minimum Gasteiger partial charge on any atom is -0.357 e. The molecule has 0 radical (unpaired) electrons. The van der Waals surface area contributed by atoms with Gasteiger partial charge in [0.15, 0.2) is 5.96 Å². The molecule has 1 saturated carbocycles. The third-order valence-corrected chi connectivity index (χ3v) is 4.19. The molecule has 1 aromatic carbocycles. The Labute approximate surface area is 157 Å². The molecule has 0 saturated heterocycles. The van der Waals surface area contributed by atoms with E-state index >= 15 is 0 Å². The average molecular weight is 384 g/mol. The van der Waals surface area contributed by atoms with Crippen molar-refractivity contribution in [2.24, 2.45) is 4.99 Å². The van der Waals surface area contributed by atoms with E-state index < -0.39 is 11.7 Å². The fourth-order valence-electron chi connectivity index (χ4n) is 2.55. The highest BCUT2D eigenvalue weighted by Gasteiger charge is 2.30. The van der Waals surface area contributed by atoms with Crippen molar-refractivity contribution in [1.82, 2.24) is 16.0 Å². The first kappa shape index (κ1) is 21.1. The van der Waals surface area contributed by atoms with Gasteiger partial charge in [-0.1, -0.05) is 12.1 Å². The van der Waals surface area contributed by atoms with Gasteiger partial charge in [0.2, 0.25) is 5.91 Å². The first-order chi connectivity index (χ1) is 12.8. The van der Waals surface area contributed by atoms with Crippen LogP contribution < -0.4 is 16.0 Å². The summed E-state index contributed by atoms with van der Waals surface area (Å²) < 4.78 is 38.6. The number of nitrogens with zero attached hydrogens (tertiary/aromatic N) is 1. The third kappa shape index (κ3) is 7.48. The molecule has 2 rings (SSSR count). The van der Waals surface area contributed by atoms with E-state index in [-0.39, 0.29) is 11.9 Å². The highest BCUT2D eigenvalue weighted by Crippen LogP contribution is 2.30. The lowest BCUT2D eigenvalue weighted by molar-refractivity contribution is -0.137. The summed E-state index contributed by atoms with van der Waals surface area (Å²) >= 11 is 0. The van der Waals surface area contributed by atoms with Crippen LogP contribution in [0.3, 0.4) is 0 Å². The van der Waals surface area contributed by atoms with Gasteiger partial charge in [-0.15, -0.1) is 0 Å². The molecule has 0 aromatic heterocycles. The quantitative estimate of drug-likeness (QED) is 0.366. The van der Waals surface area contributed by atoms with Gasteiger partial charge >= 0.3 is 6.18 Å². The number of hydrogen-bond acceptors (Lipinski definition) is 2. The molecule has 1 aliphatic carbocycles. The molecular formula is C19H27F3N4O. The fraction of sp³-hybridized carbons (Fsp3) is 0.579. The molecule has 1 atom stereocenters. The van der Waals surface area contributed by atoms with Crippen LogP contribution in [0.1, 0.15) is 56.7 Å². The number of nitrogens with one attached hydrogen (secondary N) is 3. The third-order valence-electron chi connectivity index (χ3n) is 4.19. The molecule has 1 aliphatic rings. The largest absolute Gasteiger partial charge is 0.416 e. The summed E-state index contributed by atoms with van der Waals surface area (Å²) in [5.41, 5.74) is -0.142. The number of carbonyl (C=O) groups excluding carboxylic acids is 1. The van der Waals surface area contributed by atoms with Crippen LogP contribution in [-0.4, -0.2) is 31.0 Å². The van der Waals surface area contributed by atoms with Crippen LogP contribution in [0.15, 0.2) is 29.3 Å². The predicted molar refractivity (Wildman–Crippen MR) is 99.4 cm³/mol. The molecule has 5 nitrogen and oxygen atoms in total. The van der Waals surface area contributed by atoms with Gasteiger partial charge in [0.05, 0.1) is 11.6 Å². The molecular weight excluding hydrogens is 357 g/mol. The molecule has 150 valence electrons. The fourth-order valence-corrected chi connectivity index (χ4v) is 2.55. The van der Waals surface area contributed by atoms with Gasteiger partial charge in [-0.3, -0.25) is 9.79 Å². The number of amides is 1.